The predicted octanol–water partition coefficient (Wildman–Crippen LogP) is 4.92. The largest absolute Gasteiger partial charge is 0.507 e. The monoisotopic (exact) mass is 589 g/mol. The molecule has 226 valence electrons. The molecule has 2 N–H and O–H groups in total. The van der Waals surface area contributed by atoms with Crippen LogP contribution in [0.25, 0.3) is 0 Å². The number of ether oxygens (including phenoxy) is 2. The zero-order valence-electron chi connectivity index (χ0n) is 25.7. The molecule has 41 heavy (non-hydrogen) atoms. The molecule has 0 spiro atoms. The third-order valence-electron chi connectivity index (χ3n) is 8.94. The fourth-order valence-electron chi connectivity index (χ4n) is 6.61. The van der Waals surface area contributed by atoms with Crippen LogP contribution in [-0.2, 0) is 28.4 Å². The van der Waals surface area contributed by atoms with Gasteiger partial charge in [-0.3, -0.25) is 4.79 Å². The van der Waals surface area contributed by atoms with Gasteiger partial charge in [0.2, 0.25) is 11.5 Å². The van der Waals surface area contributed by atoms with Crippen molar-refractivity contribution in [2.24, 2.45) is 17.3 Å². The lowest BCUT2D eigenvalue weighted by molar-refractivity contribution is -0.199. The average Bonchev–Trinajstić information content (AvgIpc) is 3.17. The molecule has 2 bridgehead atoms. The molecule has 1 heterocycles. The quantitative estimate of drug-likeness (QED) is 0.306. The second-order valence-corrected chi connectivity index (χ2v) is 14.7. The summed E-state index contributed by atoms with van der Waals surface area (Å²) in [5.74, 6) is -0.933. The second-order valence-electron chi connectivity index (χ2n) is 13.8. The number of phenols is 1. The summed E-state index contributed by atoms with van der Waals surface area (Å²) in [5, 5.41) is 14.3. The lowest BCUT2D eigenvalue weighted by Crippen LogP contribution is -2.65. The molecule has 5 atom stereocenters. The van der Waals surface area contributed by atoms with Gasteiger partial charge >= 0.3 is 19.1 Å². The van der Waals surface area contributed by atoms with Gasteiger partial charge in [-0.25, -0.2) is 9.59 Å². The smallest absolute Gasteiger partial charge is 0.460 e. The van der Waals surface area contributed by atoms with Gasteiger partial charge < -0.3 is 29.2 Å². The van der Waals surface area contributed by atoms with E-state index >= 15 is 0 Å². The summed E-state index contributed by atoms with van der Waals surface area (Å²) in [6.45, 7) is 14.8. The van der Waals surface area contributed by atoms with Crippen molar-refractivity contribution in [2.75, 3.05) is 12.0 Å². The first-order chi connectivity index (χ1) is 18.9. The van der Waals surface area contributed by atoms with Crippen molar-refractivity contribution in [2.45, 2.75) is 104 Å². The number of nitrogens with one attached hydrogen (secondary N) is 1. The number of aromatic hydroxyl groups is 1. The molecule has 0 aromatic heterocycles. The molecule has 1 aromatic rings. The normalized spacial score (nSPS) is 27.3. The van der Waals surface area contributed by atoms with E-state index in [0.29, 0.717) is 17.4 Å². The number of amides is 1. The van der Waals surface area contributed by atoms with E-state index in [9.17, 15) is 19.5 Å². The third kappa shape index (κ3) is 6.27. The molecule has 0 radical (unpaired) electrons. The van der Waals surface area contributed by atoms with E-state index in [1.54, 1.807) is 32.9 Å². The van der Waals surface area contributed by atoms with Crippen LogP contribution in [0, 0.1) is 17.3 Å². The summed E-state index contributed by atoms with van der Waals surface area (Å²) in [7, 11) is -0.596. The van der Waals surface area contributed by atoms with E-state index in [1.807, 2.05) is 6.26 Å². The molecule has 3 saturated carbocycles. The van der Waals surface area contributed by atoms with Crippen LogP contribution < -0.4 is 5.32 Å². The number of thioether (sulfide) groups is 1. The van der Waals surface area contributed by atoms with Gasteiger partial charge in [-0.2, -0.15) is 11.8 Å². The molecule has 1 aliphatic heterocycles. The van der Waals surface area contributed by atoms with E-state index in [4.69, 9.17) is 18.8 Å². The van der Waals surface area contributed by atoms with Gasteiger partial charge in [0.1, 0.15) is 16.9 Å². The first kappa shape index (κ1) is 31.7. The van der Waals surface area contributed by atoms with Crippen LogP contribution in [-0.4, -0.2) is 65.0 Å². The van der Waals surface area contributed by atoms with E-state index in [1.165, 1.54) is 31.7 Å². The first-order valence-electron chi connectivity index (χ1n) is 14.3. The molecule has 1 amide bonds. The summed E-state index contributed by atoms with van der Waals surface area (Å²) >= 11 is 1.38. The van der Waals surface area contributed by atoms with Crippen LogP contribution in [0.1, 0.15) is 90.2 Å². The molecule has 11 heteroatoms. The van der Waals surface area contributed by atoms with Crippen LogP contribution in [0.2, 0.25) is 6.32 Å². The lowest BCUT2D eigenvalue weighted by Gasteiger charge is -2.64. The Morgan fingerprint density at radius 1 is 1.15 bits per heavy atom. The topological polar surface area (TPSA) is 120 Å². The van der Waals surface area contributed by atoms with Crippen molar-refractivity contribution in [1.82, 2.24) is 5.32 Å². The minimum atomic E-state index is -1.59. The van der Waals surface area contributed by atoms with Crippen molar-refractivity contribution >= 4 is 36.7 Å². The van der Waals surface area contributed by atoms with Crippen molar-refractivity contribution in [3.63, 3.8) is 0 Å². The molecule has 3 aliphatic carbocycles. The number of carbonyl (C=O) groups is 3. The minimum Gasteiger partial charge on any atom is -0.507 e. The molecule has 1 aromatic carbocycles. The van der Waals surface area contributed by atoms with Gasteiger partial charge in [-0.15, -0.1) is 0 Å². The van der Waals surface area contributed by atoms with Crippen molar-refractivity contribution < 1.29 is 38.3 Å². The standard InChI is InChI=1S/C30H44BNO8S/c1-27(2,3)38-26(36)29(6,7)37-25(35)19-12-10-11-18(24(19)34)20(32-23(33)16-41-9)15-31-39-22-14-17-13-21(28(17,4)5)30(22,8)40-31/h10-12,17,20-22,34H,13-16H2,1-9H3,(H,32,33)/t17-,20?,21-,22?,30-/m0/s1. The first-order valence-corrected chi connectivity index (χ1v) is 15.7. The summed E-state index contributed by atoms with van der Waals surface area (Å²) in [6.07, 6.45) is 4.10. The number of hydrogen-bond donors (Lipinski definition) is 2. The number of carbonyl (C=O) groups excluding carboxylic acids is 3. The van der Waals surface area contributed by atoms with Gasteiger partial charge in [0.05, 0.1) is 23.5 Å². The molecular weight excluding hydrogens is 545 g/mol. The van der Waals surface area contributed by atoms with Crippen molar-refractivity contribution in [3.05, 3.63) is 29.3 Å². The number of esters is 2. The zero-order chi connectivity index (χ0) is 30.5. The van der Waals surface area contributed by atoms with Crippen LogP contribution in [0.3, 0.4) is 0 Å². The summed E-state index contributed by atoms with van der Waals surface area (Å²) in [4.78, 5) is 38.6. The summed E-state index contributed by atoms with van der Waals surface area (Å²) in [6, 6.07) is 3.98. The lowest BCUT2D eigenvalue weighted by atomic mass is 9.43. The number of para-hydroxylation sites is 1. The highest BCUT2D eigenvalue weighted by Crippen LogP contribution is 2.66. The Morgan fingerprint density at radius 3 is 2.44 bits per heavy atom. The molecule has 4 aliphatic rings. The van der Waals surface area contributed by atoms with E-state index in [0.717, 1.165) is 12.8 Å². The number of phenolic OH excluding ortho intramolecular Hbond substituents is 1. The SMILES string of the molecule is CSCC(=O)NC(CB1OC2C[C@@H]3C[C@@H](C3(C)C)[C@]2(C)O1)c1cccc(C(=O)OC(C)(C)C(=O)OC(C)(C)C)c1O. The molecule has 2 unspecified atom stereocenters. The van der Waals surface area contributed by atoms with Gasteiger partial charge in [-0.1, -0.05) is 26.0 Å². The molecular formula is C30H44BNO8S. The summed E-state index contributed by atoms with van der Waals surface area (Å²) in [5.41, 5.74) is -2.38. The average molecular weight is 590 g/mol. The fraction of sp³-hybridized carbons (Fsp3) is 0.700. The van der Waals surface area contributed by atoms with Gasteiger partial charge in [0, 0.05) is 11.9 Å². The number of rotatable bonds is 9. The fourth-order valence-corrected chi connectivity index (χ4v) is 6.96. The van der Waals surface area contributed by atoms with Gasteiger partial charge in [-0.05, 0) is 84.0 Å². The number of benzene rings is 1. The van der Waals surface area contributed by atoms with Gasteiger partial charge in [0.15, 0.2) is 0 Å². The minimum absolute atomic E-state index is 0.0307. The Balaban J connectivity index is 1.56. The van der Waals surface area contributed by atoms with Crippen LogP contribution in [0.4, 0.5) is 0 Å². The molecule has 9 nitrogen and oxygen atoms in total. The highest BCUT2D eigenvalue weighted by Gasteiger charge is 2.67. The van der Waals surface area contributed by atoms with Crippen LogP contribution >= 0.6 is 11.8 Å². The maximum atomic E-state index is 13.2. The maximum Gasteiger partial charge on any atom is 0.460 e. The second kappa shape index (κ2) is 11.1. The van der Waals surface area contributed by atoms with Gasteiger partial charge in [0.25, 0.3) is 0 Å². The Labute approximate surface area is 247 Å². The third-order valence-corrected chi connectivity index (χ3v) is 9.49. The highest BCUT2D eigenvalue weighted by atomic mass is 32.2. The maximum absolute atomic E-state index is 13.2. The Bertz CT molecular complexity index is 1200. The summed E-state index contributed by atoms with van der Waals surface area (Å²) < 4.78 is 23.9. The Morgan fingerprint density at radius 2 is 1.83 bits per heavy atom. The van der Waals surface area contributed by atoms with Crippen LogP contribution in [0.15, 0.2) is 18.2 Å². The van der Waals surface area contributed by atoms with E-state index < -0.39 is 41.9 Å². The Kier molecular flexibility index (Phi) is 8.59. The molecule has 4 fully saturated rings. The zero-order valence-corrected chi connectivity index (χ0v) is 26.5. The predicted molar refractivity (Wildman–Crippen MR) is 158 cm³/mol. The van der Waals surface area contributed by atoms with Crippen molar-refractivity contribution in [1.29, 1.82) is 0 Å². The van der Waals surface area contributed by atoms with E-state index in [-0.39, 0.29) is 40.8 Å². The highest BCUT2D eigenvalue weighted by molar-refractivity contribution is 7.99. The van der Waals surface area contributed by atoms with Crippen molar-refractivity contribution in [3.8, 4) is 5.75 Å². The number of hydrogen-bond acceptors (Lipinski definition) is 9. The van der Waals surface area contributed by atoms with E-state index in [2.05, 4.69) is 26.1 Å². The molecule has 1 saturated heterocycles. The Hall–Kier alpha value is -2.24. The molecule has 5 rings (SSSR count). The van der Waals surface area contributed by atoms with Crippen LogP contribution in [0.5, 0.6) is 5.75 Å².